The summed E-state index contributed by atoms with van der Waals surface area (Å²) in [5.41, 5.74) is 0.572. The molecule has 0 radical (unpaired) electrons. The first-order chi connectivity index (χ1) is 6.13. The van der Waals surface area contributed by atoms with Gasteiger partial charge >= 0.3 is 0 Å². The Morgan fingerprint density at radius 2 is 2.00 bits per heavy atom. The van der Waals surface area contributed by atoms with Crippen molar-refractivity contribution in [3.05, 3.63) is 0 Å². The van der Waals surface area contributed by atoms with Crippen LogP contribution in [0.15, 0.2) is 0 Å². The van der Waals surface area contributed by atoms with Crippen LogP contribution in [-0.2, 0) is 4.79 Å². The summed E-state index contributed by atoms with van der Waals surface area (Å²) in [6.45, 7) is 6.04. The van der Waals surface area contributed by atoms with Gasteiger partial charge in [-0.15, -0.1) is 0 Å². The number of hydrogen-bond acceptors (Lipinski definition) is 1. The fraction of sp³-hybridized carbons (Fsp3) is 0.909. The summed E-state index contributed by atoms with van der Waals surface area (Å²) in [7, 11) is 0. The molecule has 0 atom stereocenters. The zero-order chi connectivity index (χ0) is 9.47. The Morgan fingerprint density at radius 3 is 2.54 bits per heavy atom. The van der Waals surface area contributed by atoms with Crippen LogP contribution in [0.4, 0.5) is 0 Å². The van der Waals surface area contributed by atoms with Crippen LogP contribution in [0.1, 0.15) is 39.5 Å². The Hall–Kier alpha value is -0.530. The smallest absolute Gasteiger partial charge is 0.225 e. The minimum Gasteiger partial charge on any atom is -0.342 e. The predicted octanol–water partition coefficient (Wildman–Crippen LogP) is 2.04. The molecule has 2 aliphatic rings. The molecule has 2 heteroatoms. The lowest BCUT2D eigenvalue weighted by Crippen LogP contribution is -2.42. The van der Waals surface area contributed by atoms with Crippen LogP contribution in [0, 0.1) is 11.3 Å². The van der Waals surface area contributed by atoms with Crippen LogP contribution < -0.4 is 0 Å². The van der Waals surface area contributed by atoms with Crippen molar-refractivity contribution in [3.63, 3.8) is 0 Å². The van der Waals surface area contributed by atoms with E-state index in [2.05, 4.69) is 4.90 Å². The number of carbonyl (C=O) groups excluding carboxylic acids is 1. The van der Waals surface area contributed by atoms with Crippen LogP contribution in [0.25, 0.3) is 0 Å². The number of carbonyl (C=O) groups is 1. The number of likely N-dealkylation sites (tertiary alicyclic amines) is 1. The second-order valence-electron chi connectivity index (χ2n) is 5.02. The Kier molecular flexibility index (Phi) is 2.09. The average molecular weight is 181 g/mol. The van der Waals surface area contributed by atoms with Gasteiger partial charge in [0.1, 0.15) is 0 Å². The van der Waals surface area contributed by atoms with E-state index in [4.69, 9.17) is 0 Å². The van der Waals surface area contributed by atoms with E-state index in [9.17, 15) is 4.79 Å². The molecule has 1 saturated carbocycles. The summed E-state index contributed by atoms with van der Waals surface area (Å²) < 4.78 is 0. The number of amides is 1. The SMILES string of the molecule is CC(C)C(=O)N1CCCC2(CC2)C1. The number of piperidine rings is 1. The molecule has 0 bridgehead atoms. The molecule has 2 rings (SSSR count). The van der Waals surface area contributed by atoms with Crippen LogP contribution in [-0.4, -0.2) is 23.9 Å². The van der Waals surface area contributed by atoms with E-state index < -0.39 is 0 Å². The van der Waals surface area contributed by atoms with Crippen molar-refractivity contribution in [2.45, 2.75) is 39.5 Å². The third-order valence-electron chi connectivity index (χ3n) is 3.42. The van der Waals surface area contributed by atoms with Crippen molar-refractivity contribution in [3.8, 4) is 0 Å². The maximum absolute atomic E-state index is 11.7. The Bertz CT molecular complexity index is 218. The van der Waals surface area contributed by atoms with Gasteiger partial charge in [0.2, 0.25) is 5.91 Å². The minimum atomic E-state index is 0.175. The second kappa shape index (κ2) is 3.00. The van der Waals surface area contributed by atoms with Gasteiger partial charge in [-0.25, -0.2) is 0 Å². The largest absolute Gasteiger partial charge is 0.342 e. The third-order valence-corrected chi connectivity index (χ3v) is 3.42. The molecule has 2 nitrogen and oxygen atoms in total. The average Bonchev–Trinajstić information content (AvgIpc) is 2.83. The van der Waals surface area contributed by atoms with Gasteiger partial charge in [-0.1, -0.05) is 13.8 Å². The zero-order valence-electron chi connectivity index (χ0n) is 8.68. The highest BCUT2D eigenvalue weighted by molar-refractivity contribution is 5.78. The van der Waals surface area contributed by atoms with E-state index >= 15 is 0 Å². The lowest BCUT2D eigenvalue weighted by atomic mass is 9.94. The molecule has 1 aliphatic heterocycles. The van der Waals surface area contributed by atoms with Crippen molar-refractivity contribution in [1.82, 2.24) is 4.90 Å². The van der Waals surface area contributed by atoms with Crippen LogP contribution >= 0.6 is 0 Å². The number of rotatable bonds is 1. The quantitative estimate of drug-likeness (QED) is 0.606. The monoisotopic (exact) mass is 181 g/mol. The Balaban J connectivity index is 1.96. The molecule has 1 spiro atoms. The highest BCUT2D eigenvalue weighted by atomic mass is 16.2. The summed E-state index contributed by atoms with van der Waals surface area (Å²) in [6.07, 6.45) is 5.29. The van der Waals surface area contributed by atoms with Crippen LogP contribution in [0.3, 0.4) is 0 Å². The van der Waals surface area contributed by atoms with Crippen molar-refractivity contribution < 1.29 is 4.79 Å². The first-order valence-electron chi connectivity index (χ1n) is 5.42. The molecule has 74 valence electrons. The lowest BCUT2D eigenvalue weighted by molar-refractivity contribution is -0.136. The topological polar surface area (TPSA) is 20.3 Å². The van der Waals surface area contributed by atoms with E-state index in [1.165, 1.54) is 25.7 Å². The van der Waals surface area contributed by atoms with Gasteiger partial charge in [-0.2, -0.15) is 0 Å². The molecular formula is C11H19NO. The van der Waals surface area contributed by atoms with Crippen molar-refractivity contribution in [2.75, 3.05) is 13.1 Å². The Morgan fingerprint density at radius 1 is 1.31 bits per heavy atom. The van der Waals surface area contributed by atoms with Gasteiger partial charge in [-0.05, 0) is 31.1 Å². The summed E-state index contributed by atoms with van der Waals surface area (Å²) >= 11 is 0. The lowest BCUT2D eigenvalue weighted by Gasteiger charge is -2.34. The molecule has 1 aliphatic carbocycles. The molecular weight excluding hydrogens is 162 g/mol. The van der Waals surface area contributed by atoms with Crippen molar-refractivity contribution in [2.24, 2.45) is 11.3 Å². The van der Waals surface area contributed by atoms with E-state index in [1.807, 2.05) is 13.8 Å². The van der Waals surface area contributed by atoms with Crippen molar-refractivity contribution in [1.29, 1.82) is 0 Å². The molecule has 0 aromatic rings. The summed E-state index contributed by atoms with van der Waals surface area (Å²) in [5.74, 6) is 0.528. The van der Waals surface area contributed by atoms with Gasteiger partial charge in [-0.3, -0.25) is 4.79 Å². The molecule has 1 heterocycles. The number of hydrogen-bond donors (Lipinski definition) is 0. The molecule has 13 heavy (non-hydrogen) atoms. The van der Waals surface area contributed by atoms with Crippen molar-refractivity contribution >= 4 is 5.91 Å². The van der Waals surface area contributed by atoms with Gasteiger partial charge in [0.15, 0.2) is 0 Å². The fourth-order valence-corrected chi connectivity index (χ4v) is 2.35. The van der Waals surface area contributed by atoms with Crippen LogP contribution in [0.5, 0.6) is 0 Å². The summed E-state index contributed by atoms with van der Waals surface area (Å²) in [6, 6.07) is 0. The maximum atomic E-state index is 11.7. The van der Waals surface area contributed by atoms with E-state index in [0.717, 1.165) is 13.1 Å². The highest BCUT2D eigenvalue weighted by Crippen LogP contribution is 2.52. The zero-order valence-corrected chi connectivity index (χ0v) is 8.68. The fourth-order valence-electron chi connectivity index (χ4n) is 2.35. The summed E-state index contributed by atoms with van der Waals surface area (Å²) in [5, 5.41) is 0. The van der Waals surface area contributed by atoms with Gasteiger partial charge < -0.3 is 4.90 Å². The molecule has 1 amide bonds. The van der Waals surface area contributed by atoms with E-state index in [0.29, 0.717) is 11.3 Å². The Labute approximate surface area is 80.3 Å². The highest BCUT2D eigenvalue weighted by Gasteiger charge is 2.46. The maximum Gasteiger partial charge on any atom is 0.225 e. The standard InChI is InChI=1S/C11H19NO/c1-9(2)10(13)12-7-3-4-11(8-12)5-6-11/h9H,3-8H2,1-2H3. The van der Waals surface area contributed by atoms with Gasteiger partial charge in [0.05, 0.1) is 0 Å². The normalized spacial score (nSPS) is 25.3. The van der Waals surface area contributed by atoms with Gasteiger partial charge in [0, 0.05) is 19.0 Å². The predicted molar refractivity (Wildman–Crippen MR) is 52.3 cm³/mol. The first kappa shape index (κ1) is 9.04. The van der Waals surface area contributed by atoms with Crippen LogP contribution in [0.2, 0.25) is 0 Å². The minimum absolute atomic E-state index is 0.175. The van der Waals surface area contributed by atoms with E-state index in [1.54, 1.807) is 0 Å². The summed E-state index contributed by atoms with van der Waals surface area (Å²) in [4.78, 5) is 13.8. The second-order valence-corrected chi connectivity index (χ2v) is 5.02. The molecule has 1 saturated heterocycles. The molecule has 0 unspecified atom stereocenters. The van der Waals surface area contributed by atoms with Gasteiger partial charge in [0.25, 0.3) is 0 Å². The number of nitrogens with zero attached hydrogens (tertiary/aromatic N) is 1. The molecule has 0 aromatic heterocycles. The van der Waals surface area contributed by atoms with E-state index in [-0.39, 0.29) is 5.92 Å². The third kappa shape index (κ3) is 1.72. The molecule has 0 N–H and O–H groups in total. The first-order valence-corrected chi connectivity index (χ1v) is 5.42. The molecule has 0 aromatic carbocycles. The molecule has 2 fully saturated rings.